The van der Waals surface area contributed by atoms with Crippen LogP contribution in [0.2, 0.25) is 0 Å². The van der Waals surface area contributed by atoms with Crippen LogP contribution in [0.3, 0.4) is 0 Å². The molecule has 0 unspecified atom stereocenters. The molecular formula is C6H14N2O3. The number of aliphatic hydroxyl groups is 1. The van der Waals surface area contributed by atoms with Crippen LogP contribution < -0.4 is 10.8 Å². The van der Waals surface area contributed by atoms with Crippen molar-refractivity contribution < 1.29 is 14.7 Å². The molecule has 0 aromatic rings. The summed E-state index contributed by atoms with van der Waals surface area (Å²) in [6.07, 6.45) is 0.555. The average molecular weight is 162 g/mol. The highest BCUT2D eigenvalue weighted by molar-refractivity contribution is 5.72. The molecule has 0 bridgehead atoms. The molecule has 11 heavy (non-hydrogen) atoms. The molecule has 0 aliphatic rings. The molecule has 0 aromatic carbocycles. The van der Waals surface area contributed by atoms with Crippen molar-refractivity contribution in [1.29, 1.82) is 0 Å². The van der Waals surface area contributed by atoms with Gasteiger partial charge in [0.1, 0.15) is 0 Å². The van der Waals surface area contributed by atoms with Crippen LogP contribution in [0.15, 0.2) is 0 Å². The summed E-state index contributed by atoms with van der Waals surface area (Å²) in [7, 11) is 0. The molecule has 0 saturated carbocycles. The largest absolute Gasteiger partial charge is 0.396 e. The van der Waals surface area contributed by atoms with E-state index in [1.165, 1.54) is 0 Å². The Kier molecular flexibility index (Phi) is 6.76. The van der Waals surface area contributed by atoms with Crippen molar-refractivity contribution in [3.8, 4) is 0 Å². The Morgan fingerprint density at radius 1 is 1.64 bits per heavy atom. The van der Waals surface area contributed by atoms with Crippen molar-refractivity contribution in [3.05, 3.63) is 0 Å². The van der Waals surface area contributed by atoms with Crippen molar-refractivity contribution in [2.75, 3.05) is 19.8 Å². The van der Waals surface area contributed by atoms with Gasteiger partial charge in [0.05, 0.1) is 6.61 Å². The minimum absolute atomic E-state index is 0.0783. The van der Waals surface area contributed by atoms with E-state index in [0.717, 1.165) is 0 Å². The predicted molar refractivity (Wildman–Crippen MR) is 39.9 cm³/mol. The van der Waals surface area contributed by atoms with E-state index in [1.54, 1.807) is 6.92 Å². The van der Waals surface area contributed by atoms with Gasteiger partial charge >= 0.3 is 6.03 Å². The van der Waals surface area contributed by atoms with Gasteiger partial charge in [-0.2, -0.15) is 0 Å². The minimum atomic E-state index is -0.375. The number of carbonyl (C=O) groups is 1. The summed E-state index contributed by atoms with van der Waals surface area (Å²) in [5.41, 5.74) is 2.16. The number of urea groups is 1. The second kappa shape index (κ2) is 7.30. The smallest absolute Gasteiger partial charge is 0.338 e. The van der Waals surface area contributed by atoms with Crippen molar-refractivity contribution in [1.82, 2.24) is 10.8 Å². The SMILES string of the molecule is CCONC(=O)NCCCO. The van der Waals surface area contributed by atoms with E-state index >= 15 is 0 Å². The van der Waals surface area contributed by atoms with Crippen LogP contribution in [0.25, 0.3) is 0 Å². The lowest BCUT2D eigenvalue weighted by atomic mass is 10.4. The first-order valence-corrected chi connectivity index (χ1v) is 3.57. The average Bonchev–Trinajstić information content (AvgIpc) is 2.01. The van der Waals surface area contributed by atoms with Crippen LogP contribution >= 0.6 is 0 Å². The summed E-state index contributed by atoms with van der Waals surface area (Å²) in [5, 5.41) is 10.8. The molecule has 0 atom stereocenters. The van der Waals surface area contributed by atoms with Gasteiger partial charge in [0.2, 0.25) is 0 Å². The molecular weight excluding hydrogens is 148 g/mol. The van der Waals surface area contributed by atoms with Crippen LogP contribution in [0, 0.1) is 0 Å². The third-order valence-electron chi connectivity index (χ3n) is 0.930. The first-order chi connectivity index (χ1) is 5.31. The summed E-state index contributed by atoms with van der Waals surface area (Å²) < 4.78 is 0. The molecule has 0 spiro atoms. The van der Waals surface area contributed by atoms with Crippen molar-refractivity contribution in [3.63, 3.8) is 0 Å². The lowest BCUT2D eigenvalue weighted by Gasteiger charge is -2.04. The third-order valence-corrected chi connectivity index (χ3v) is 0.930. The second-order valence-electron chi connectivity index (χ2n) is 1.87. The number of hydrogen-bond acceptors (Lipinski definition) is 3. The molecule has 0 saturated heterocycles. The summed E-state index contributed by atoms with van der Waals surface area (Å²) in [5.74, 6) is 0. The van der Waals surface area contributed by atoms with E-state index in [2.05, 4.69) is 15.6 Å². The normalized spacial score (nSPS) is 9.27. The number of rotatable bonds is 5. The van der Waals surface area contributed by atoms with Gasteiger partial charge in [0, 0.05) is 13.2 Å². The fourth-order valence-corrected chi connectivity index (χ4v) is 0.455. The molecule has 0 fully saturated rings. The summed E-state index contributed by atoms with van der Waals surface area (Å²) in [4.78, 5) is 15.2. The molecule has 5 heteroatoms. The molecule has 0 radical (unpaired) electrons. The lowest BCUT2D eigenvalue weighted by molar-refractivity contribution is 0.0706. The highest BCUT2D eigenvalue weighted by Gasteiger charge is 1.95. The molecule has 2 amide bonds. The van der Waals surface area contributed by atoms with Gasteiger partial charge in [-0.15, -0.1) is 0 Å². The van der Waals surface area contributed by atoms with Crippen molar-refractivity contribution in [2.45, 2.75) is 13.3 Å². The van der Waals surface area contributed by atoms with E-state index in [-0.39, 0.29) is 12.6 Å². The maximum atomic E-state index is 10.6. The highest BCUT2D eigenvalue weighted by atomic mass is 16.7. The first-order valence-electron chi connectivity index (χ1n) is 3.57. The van der Waals surface area contributed by atoms with Gasteiger partial charge in [-0.25, -0.2) is 10.3 Å². The van der Waals surface area contributed by atoms with Crippen LogP contribution in [-0.4, -0.2) is 30.9 Å². The van der Waals surface area contributed by atoms with Crippen molar-refractivity contribution in [2.24, 2.45) is 0 Å². The molecule has 0 rings (SSSR count). The molecule has 5 nitrogen and oxygen atoms in total. The highest BCUT2D eigenvalue weighted by Crippen LogP contribution is 1.72. The minimum Gasteiger partial charge on any atom is -0.396 e. The Balaban J connectivity index is 3.09. The van der Waals surface area contributed by atoms with Gasteiger partial charge < -0.3 is 10.4 Å². The third kappa shape index (κ3) is 7.08. The molecule has 0 aliphatic heterocycles. The summed E-state index contributed by atoms with van der Waals surface area (Å²) >= 11 is 0. The molecule has 0 heterocycles. The number of nitrogens with one attached hydrogen (secondary N) is 2. The topological polar surface area (TPSA) is 70.6 Å². The number of hydroxylamine groups is 1. The summed E-state index contributed by atoms with van der Waals surface area (Å²) in [6, 6.07) is -0.375. The monoisotopic (exact) mass is 162 g/mol. The van der Waals surface area contributed by atoms with E-state index < -0.39 is 0 Å². The molecule has 3 N–H and O–H groups in total. The zero-order chi connectivity index (χ0) is 8.53. The van der Waals surface area contributed by atoms with E-state index in [9.17, 15) is 4.79 Å². The lowest BCUT2D eigenvalue weighted by Crippen LogP contribution is -2.36. The van der Waals surface area contributed by atoms with Gasteiger partial charge in [-0.1, -0.05) is 0 Å². The maximum absolute atomic E-state index is 10.6. The fourth-order valence-electron chi connectivity index (χ4n) is 0.455. The quantitative estimate of drug-likeness (QED) is 0.381. The number of carbonyl (C=O) groups excluding carboxylic acids is 1. The Bertz CT molecular complexity index is 108. The Morgan fingerprint density at radius 3 is 2.91 bits per heavy atom. The summed E-state index contributed by atoms with van der Waals surface area (Å²) in [6.45, 7) is 2.74. The van der Waals surface area contributed by atoms with Crippen LogP contribution in [0.5, 0.6) is 0 Å². The van der Waals surface area contributed by atoms with Crippen LogP contribution in [-0.2, 0) is 4.84 Å². The first kappa shape index (κ1) is 10.2. The Labute approximate surface area is 65.7 Å². The number of amides is 2. The van der Waals surface area contributed by atoms with Gasteiger partial charge in [0.15, 0.2) is 0 Å². The second-order valence-corrected chi connectivity index (χ2v) is 1.87. The Hall–Kier alpha value is -0.810. The molecule has 66 valence electrons. The number of aliphatic hydroxyl groups excluding tert-OH is 1. The standard InChI is InChI=1S/C6H14N2O3/c1-2-11-8-6(10)7-4-3-5-9/h9H,2-5H2,1H3,(H2,7,8,10). The maximum Gasteiger partial charge on any atom is 0.338 e. The van der Waals surface area contributed by atoms with Gasteiger partial charge in [0.25, 0.3) is 0 Å². The molecule has 0 aromatic heterocycles. The zero-order valence-corrected chi connectivity index (χ0v) is 6.59. The van der Waals surface area contributed by atoms with E-state index in [0.29, 0.717) is 19.6 Å². The fraction of sp³-hybridized carbons (Fsp3) is 0.833. The molecule has 0 aliphatic carbocycles. The van der Waals surface area contributed by atoms with Crippen LogP contribution in [0.1, 0.15) is 13.3 Å². The van der Waals surface area contributed by atoms with Crippen LogP contribution in [0.4, 0.5) is 4.79 Å². The number of hydrogen-bond donors (Lipinski definition) is 3. The van der Waals surface area contributed by atoms with Crippen molar-refractivity contribution >= 4 is 6.03 Å². The van der Waals surface area contributed by atoms with Gasteiger partial charge in [-0.05, 0) is 13.3 Å². The predicted octanol–water partition coefficient (Wildman–Crippen LogP) is -0.380. The van der Waals surface area contributed by atoms with Gasteiger partial charge in [-0.3, -0.25) is 4.84 Å². The zero-order valence-electron chi connectivity index (χ0n) is 6.59. The van der Waals surface area contributed by atoms with E-state index in [4.69, 9.17) is 5.11 Å². The van der Waals surface area contributed by atoms with E-state index in [1.807, 2.05) is 0 Å². The Morgan fingerprint density at radius 2 is 2.36 bits per heavy atom.